The largest absolute Gasteiger partial charge is 0.465 e. The number of hydrogen-bond acceptors (Lipinski definition) is 4. The molecule has 0 aliphatic heterocycles. The molecule has 4 heteroatoms. The molecule has 0 aromatic heterocycles. The smallest absolute Gasteiger partial charge is 0.339 e. The van der Waals surface area contributed by atoms with Crippen LogP contribution in [0.1, 0.15) is 36.7 Å². The number of nitrogens with two attached hydrogens (primary N) is 1. The summed E-state index contributed by atoms with van der Waals surface area (Å²) in [5, 5.41) is 7.44. The van der Waals surface area contributed by atoms with Crippen LogP contribution in [0.5, 0.6) is 0 Å². The van der Waals surface area contributed by atoms with E-state index in [9.17, 15) is 4.79 Å². The van der Waals surface area contributed by atoms with Gasteiger partial charge in [0.2, 0.25) is 0 Å². The van der Waals surface area contributed by atoms with Gasteiger partial charge in [-0.15, -0.1) is 0 Å². The first-order valence-electron chi connectivity index (χ1n) is 5.10. The summed E-state index contributed by atoms with van der Waals surface area (Å²) in [5.74, 6) is -0.481. The third-order valence-corrected chi connectivity index (χ3v) is 1.92. The number of carbonyl (C=O) groups is 1. The second kappa shape index (κ2) is 6.61. The maximum atomic E-state index is 11.2. The lowest BCUT2D eigenvalue weighted by molar-refractivity contribution is 0.0602. The standard InChI is InChI=1S/C10H12N2O2.C2H6/c1-6(11)7-4-3-5-8(9(7)12)10(13)14-2;1-2/h3-5,11H,12H2,1-2H3;1-2H3. The average Bonchev–Trinajstić information content (AvgIpc) is 2.30. The van der Waals surface area contributed by atoms with E-state index in [1.165, 1.54) is 7.11 Å². The SMILES string of the molecule is CC.COC(=O)c1cccc(C(C)=N)c1N. The van der Waals surface area contributed by atoms with Gasteiger partial charge in [-0.2, -0.15) is 0 Å². The van der Waals surface area contributed by atoms with Crippen molar-refractivity contribution in [2.24, 2.45) is 0 Å². The van der Waals surface area contributed by atoms with Crippen molar-refractivity contribution in [1.29, 1.82) is 5.41 Å². The molecule has 4 nitrogen and oxygen atoms in total. The minimum Gasteiger partial charge on any atom is -0.465 e. The third-order valence-electron chi connectivity index (χ3n) is 1.92. The summed E-state index contributed by atoms with van der Waals surface area (Å²) in [6.07, 6.45) is 0. The molecule has 0 heterocycles. The van der Waals surface area contributed by atoms with Gasteiger partial charge in [-0.3, -0.25) is 0 Å². The van der Waals surface area contributed by atoms with Gasteiger partial charge in [0, 0.05) is 11.3 Å². The first-order valence-corrected chi connectivity index (χ1v) is 5.10. The molecular formula is C12H18N2O2. The molecule has 1 rings (SSSR count). The zero-order chi connectivity index (χ0) is 12.7. The van der Waals surface area contributed by atoms with Gasteiger partial charge in [-0.1, -0.05) is 26.0 Å². The van der Waals surface area contributed by atoms with Crippen LogP contribution < -0.4 is 5.73 Å². The first kappa shape index (κ1) is 14.2. The predicted molar refractivity (Wildman–Crippen MR) is 66.0 cm³/mol. The molecule has 3 N–H and O–H groups in total. The van der Waals surface area contributed by atoms with Crippen LogP contribution in [0.3, 0.4) is 0 Å². The van der Waals surface area contributed by atoms with Crippen molar-refractivity contribution in [2.75, 3.05) is 12.8 Å². The van der Waals surface area contributed by atoms with Gasteiger partial charge >= 0.3 is 5.97 Å². The van der Waals surface area contributed by atoms with E-state index in [0.717, 1.165) is 0 Å². The van der Waals surface area contributed by atoms with Crippen LogP contribution in [0.4, 0.5) is 5.69 Å². The van der Waals surface area contributed by atoms with Crippen molar-refractivity contribution < 1.29 is 9.53 Å². The lowest BCUT2D eigenvalue weighted by Gasteiger charge is -2.07. The van der Waals surface area contributed by atoms with E-state index in [4.69, 9.17) is 11.1 Å². The minimum absolute atomic E-state index is 0.298. The molecule has 0 aliphatic rings. The average molecular weight is 222 g/mol. The molecule has 0 saturated heterocycles. The highest BCUT2D eigenvalue weighted by atomic mass is 16.5. The molecule has 88 valence electrons. The van der Waals surface area contributed by atoms with E-state index in [0.29, 0.717) is 22.5 Å². The summed E-state index contributed by atoms with van der Waals surface area (Å²) < 4.78 is 4.56. The highest BCUT2D eigenvalue weighted by molar-refractivity contribution is 6.06. The van der Waals surface area contributed by atoms with Crippen molar-refractivity contribution in [2.45, 2.75) is 20.8 Å². The van der Waals surface area contributed by atoms with E-state index in [2.05, 4.69) is 4.74 Å². The number of para-hydroxylation sites is 1. The predicted octanol–water partition coefficient (Wildman–Crippen LogP) is 2.47. The lowest BCUT2D eigenvalue weighted by Crippen LogP contribution is -2.09. The molecule has 0 unspecified atom stereocenters. The molecule has 0 saturated carbocycles. The summed E-state index contributed by atoms with van der Waals surface area (Å²) in [5.41, 5.74) is 7.21. The van der Waals surface area contributed by atoms with Gasteiger partial charge in [0.25, 0.3) is 0 Å². The first-order chi connectivity index (χ1) is 7.57. The maximum absolute atomic E-state index is 11.2. The molecule has 0 radical (unpaired) electrons. The van der Waals surface area contributed by atoms with E-state index >= 15 is 0 Å². The van der Waals surface area contributed by atoms with Crippen LogP contribution in [-0.2, 0) is 4.74 Å². The Morgan fingerprint density at radius 1 is 1.31 bits per heavy atom. The zero-order valence-electron chi connectivity index (χ0n) is 10.1. The summed E-state index contributed by atoms with van der Waals surface area (Å²) in [6.45, 7) is 5.62. The van der Waals surface area contributed by atoms with E-state index < -0.39 is 5.97 Å². The van der Waals surface area contributed by atoms with Crippen LogP contribution in [0, 0.1) is 5.41 Å². The normalized spacial score (nSPS) is 8.75. The van der Waals surface area contributed by atoms with Crippen molar-refractivity contribution in [3.05, 3.63) is 29.3 Å². The highest BCUT2D eigenvalue weighted by Gasteiger charge is 2.12. The lowest BCUT2D eigenvalue weighted by atomic mass is 10.0. The number of ether oxygens (including phenoxy) is 1. The van der Waals surface area contributed by atoms with E-state index in [-0.39, 0.29) is 0 Å². The Morgan fingerprint density at radius 2 is 1.81 bits per heavy atom. The fourth-order valence-corrected chi connectivity index (χ4v) is 1.18. The molecule has 0 fully saturated rings. The maximum Gasteiger partial charge on any atom is 0.339 e. The van der Waals surface area contributed by atoms with Gasteiger partial charge in [0.1, 0.15) is 0 Å². The number of carbonyl (C=O) groups excluding carboxylic acids is 1. The number of rotatable bonds is 2. The van der Waals surface area contributed by atoms with Crippen molar-refractivity contribution >= 4 is 17.4 Å². The molecule has 0 bridgehead atoms. The number of benzene rings is 1. The monoisotopic (exact) mass is 222 g/mol. The zero-order valence-corrected chi connectivity index (χ0v) is 10.1. The second-order valence-corrected chi connectivity index (χ2v) is 2.88. The van der Waals surface area contributed by atoms with Gasteiger partial charge < -0.3 is 15.9 Å². The number of hydrogen-bond donors (Lipinski definition) is 2. The molecule has 1 aromatic rings. The minimum atomic E-state index is -0.481. The molecule has 0 aliphatic carbocycles. The number of methoxy groups -OCH3 is 1. The Morgan fingerprint density at radius 3 is 2.25 bits per heavy atom. The van der Waals surface area contributed by atoms with Crippen molar-refractivity contribution in [3.8, 4) is 0 Å². The van der Waals surface area contributed by atoms with E-state index in [1.54, 1.807) is 25.1 Å². The fourth-order valence-electron chi connectivity index (χ4n) is 1.18. The Kier molecular flexibility index (Phi) is 5.85. The Labute approximate surface area is 95.9 Å². The van der Waals surface area contributed by atoms with Gasteiger partial charge in [0.15, 0.2) is 0 Å². The summed E-state index contributed by atoms with van der Waals surface area (Å²) in [4.78, 5) is 11.2. The molecule has 0 spiro atoms. The van der Waals surface area contributed by atoms with E-state index in [1.807, 2.05) is 13.8 Å². The summed E-state index contributed by atoms with van der Waals surface area (Å²) in [6, 6.07) is 4.95. The third kappa shape index (κ3) is 3.08. The summed E-state index contributed by atoms with van der Waals surface area (Å²) >= 11 is 0. The topological polar surface area (TPSA) is 76.2 Å². The second-order valence-electron chi connectivity index (χ2n) is 2.88. The molecule has 0 amide bonds. The Hall–Kier alpha value is -1.84. The number of esters is 1. The van der Waals surface area contributed by atoms with Crippen LogP contribution in [0.25, 0.3) is 0 Å². The van der Waals surface area contributed by atoms with Crippen LogP contribution in [-0.4, -0.2) is 18.8 Å². The molecule has 1 aromatic carbocycles. The highest BCUT2D eigenvalue weighted by Crippen LogP contribution is 2.18. The Bertz CT molecular complexity index is 387. The molecule has 16 heavy (non-hydrogen) atoms. The van der Waals surface area contributed by atoms with Crippen molar-refractivity contribution in [1.82, 2.24) is 0 Å². The number of nitrogen functional groups attached to an aromatic ring is 1. The summed E-state index contributed by atoms with van der Waals surface area (Å²) in [7, 11) is 1.30. The quantitative estimate of drug-likeness (QED) is 0.458. The van der Waals surface area contributed by atoms with Crippen LogP contribution >= 0.6 is 0 Å². The van der Waals surface area contributed by atoms with Gasteiger partial charge in [-0.25, -0.2) is 4.79 Å². The molecule has 0 atom stereocenters. The van der Waals surface area contributed by atoms with Crippen LogP contribution in [0.2, 0.25) is 0 Å². The Balaban J connectivity index is 0.00000106. The molecular weight excluding hydrogens is 204 g/mol. The van der Waals surface area contributed by atoms with Gasteiger partial charge in [-0.05, 0) is 13.0 Å². The van der Waals surface area contributed by atoms with Crippen molar-refractivity contribution in [3.63, 3.8) is 0 Å². The van der Waals surface area contributed by atoms with Crippen LogP contribution in [0.15, 0.2) is 18.2 Å². The van der Waals surface area contributed by atoms with Gasteiger partial charge in [0.05, 0.1) is 18.4 Å². The number of anilines is 1. The fraction of sp³-hybridized carbons (Fsp3) is 0.333. The number of nitrogens with one attached hydrogen (secondary N) is 1.